The van der Waals surface area contributed by atoms with Crippen molar-refractivity contribution in [3.8, 4) is 11.8 Å². The normalized spacial score (nSPS) is 9.50. The van der Waals surface area contributed by atoms with E-state index in [1.807, 2.05) is 13.0 Å². The van der Waals surface area contributed by atoms with Crippen molar-refractivity contribution in [2.24, 2.45) is 5.73 Å². The second-order valence-corrected chi connectivity index (χ2v) is 4.08. The third-order valence-corrected chi connectivity index (χ3v) is 2.62. The molecule has 2 rings (SSSR count). The van der Waals surface area contributed by atoms with Gasteiger partial charge >= 0.3 is 0 Å². The Hall–Kier alpha value is -2.71. The van der Waals surface area contributed by atoms with Crippen molar-refractivity contribution < 1.29 is 4.79 Å². The Balaban J connectivity index is 2.12. The van der Waals surface area contributed by atoms with Gasteiger partial charge in [0.2, 0.25) is 0 Å². The number of carbonyl (C=O) groups is 1. The van der Waals surface area contributed by atoms with E-state index in [9.17, 15) is 4.79 Å². The molecule has 0 bridgehead atoms. The second-order valence-electron chi connectivity index (χ2n) is 4.08. The molecule has 0 saturated carbocycles. The summed E-state index contributed by atoms with van der Waals surface area (Å²) < 4.78 is 0. The van der Waals surface area contributed by atoms with Crippen LogP contribution in [-0.4, -0.2) is 22.4 Å². The average molecular weight is 266 g/mol. The van der Waals surface area contributed by atoms with Gasteiger partial charge in [0.1, 0.15) is 5.69 Å². The monoisotopic (exact) mass is 266 g/mol. The van der Waals surface area contributed by atoms with E-state index in [4.69, 9.17) is 5.73 Å². The third-order valence-electron chi connectivity index (χ3n) is 2.62. The highest BCUT2D eigenvalue weighted by Crippen LogP contribution is 2.12. The van der Waals surface area contributed by atoms with Gasteiger partial charge in [-0.1, -0.05) is 11.8 Å². The zero-order valence-corrected chi connectivity index (χ0v) is 11.1. The molecule has 0 spiro atoms. The van der Waals surface area contributed by atoms with E-state index in [0.717, 1.165) is 11.1 Å². The average Bonchev–Trinajstić information content (AvgIpc) is 2.48. The molecule has 2 aromatic rings. The highest BCUT2D eigenvalue weighted by Gasteiger charge is 2.08. The van der Waals surface area contributed by atoms with Gasteiger partial charge in [-0.25, -0.2) is 4.98 Å². The maximum Gasteiger partial charge on any atom is 0.274 e. The van der Waals surface area contributed by atoms with Gasteiger partial charge in [-0.2, -0.15) is 0 Å². The molecule has 2 heterocycles. The summed E-state index contributed by atoms with van der Waals surface area (Å²) >= 11 is 0. The highest BCUT2D eigenvalue weighted by atomic mass is 16.1. The molecule has 3 N–H and O–H groups in total. The Bertz CT molecular complexity index is 668. The second kappa shape index (κ2) is 6.45. The Kier molecular flexibility index (Phi) is 4.43. The molecule has 1 amide bonds. The minimum atomic E-state index is -0.278. The van der Waals surface area contributed by atoms with Crippen molar-refractivity contribution in [2.75, 3.05) is 11.9 Å². The SMILES string of the molecule is Cc1ccncc1NC(=O)c1ccc(C#CCN)cn1. The van der Waals surface area contributed by atoms with Crippen molar-refractivity contribution in [2.45, 2.75) is 6.92 Å². The maximum absolute atomic E-state index is 12.0. The molecule has 100 valence electrons. The van der Waals surface area contributed by atoms with Crippen LogP contribution in [0.4, 0.5) is 5.69 Å². The van der Waals surface area contributed by atoms with Gasteiger partial charge in [0.25, 0.3) is 5.91 Å². The van der Waals surface area contributed by atoms with Crippen LogP contribution in [0.3, 0.4) is 0 Å². The Morgan fingerprint density at radius 1 is 1.35 bits per heavy atom. The number of hydrogen-bond donors (Lipinski definition) is 2. The lowest BCUT2D eigenvalue weighted by molar-refractivity contribution is 0.102. The number of carbonyl (C=O) groups excluding carboxylic acids is 1. The molecule has 0 aliphatic rings. The smallest absolute Gasteiger partial charge is 0.274 e. The summed E-state index contributed by atoms with van der Waals surface area (Å²) in [4.78, 5) is 20.1. The van der Waals surface area contributed by atoms with Crippen LogP contribution in [0.1, 0.15) is 21.6 Å². The van der Waals surface area contributed by atoms with E-state index < -0.39 is 0 Å². The third kappa shape index (κ3) is 3.40. The molecule has 2 aromatic heterocycles. The summed E-state index contributed by atoms with van der Waals surface area (Å²) in [5, 5.41) is 2.77. The van der Waals surface area contributed by atoms with E-state index in [1.165, 1.54) is 0 Å². The number of pyridine rings is 2. The van der Waals surface area contributed by atoms with E-state index in [1.54, 1.807) is 30.7 Å². The number of nitrogens with zero attached hydrogens (tertiary/aromatic N) is 2. The fourth-order valence-corrected chi connectivity index (χ4v) is 1.54. The molecule has 5 heteroatoms. The van der Waals surface area contributed by atoms with E-state index in [2.05, 4.69) is 27.1 Å². The van der Waals surface area contributed by atoms with Gasteiger partial charge < -0.3 is 11.1 Å². The quantitative estimate of drug-likeness (QED) is 0.804. The lowest BCUT2D eigenvalue weighted by atomic mass is 10.2. The topological polar surface area (TPSA) is 80.9 Å². The lowest BCUT2D eigenvalue weighted by Crippen LogP contribution is -2.14. The van der Waals surface area contributed by atoms with Crippen LogP contribution in [0.15, 0.2) is 36.8 Å². The minimum Gasteiger partial charge on any atom is -0.320 e. The van der Waals surface area contributed by atoms with Crippen molar-refractivity contribution in [1.82, 2.24) is 9.97 Å². The molecule has 0 atom stereocenters. The van der Waals surface area contributed by atoms with Gasteiger partial charge in [-0.05, 0) is 30.7 Å². The fraction of sp³-hybridized carbons (Fsp3) is 0.133. The first kappa shape index (κ1) is 13.7. The van der Waals surface area contributed by atoms with Gasteiger partial charge in [0.15, 0.2) is 0 Å². The number of amides is 1. The summed E-state index contributed by atoms with van der Waals surface area (Å²) in [6.45, 7) is 2.19. The Morgan fingerprint density at radius 2 is 2.20 bits per heavy atom. The Morgan fingerprint density at radius 3 is 2.85 bits per heavy atom. The van der Waals surface area contributed by atoms with Crippen LogP contribution < -0.4 is 11.1 Å². The lowest BCUT2D eigenvalue weighted by Gasteiger charge is -2.06. The van der Waals surface area contributed by atoms with Crippen LogP contribution in [0.2, 0.25) is 0 Å². The molecule has 5 nitrogen and oxygen atoms in total. The van der Waals surface area contributed by atoms with E-state index in [0.29, 0.717) is 17.9 Å². The summed E-state index contributed by atoms with van der Waals surface area (Å²) in [5.41, 5.74) is 7.96. The molecular formula is C15H14N4O. The molecule has 0 aliphatic carbocycles. The van der Waals surface area contributed by atoms with Crippen molar-refractivity contribution in [3.05, 3.63) is 53.6 Å². The molecule has 0 fully saturated rings. The van der Waals surface area contributed by atoms with E-state index >= 15 is 0 Å². The first-order valence-electron chi connectivity index (χ1n) is 6.07. The maximum atomic E-state index is 12.0. The molecule has 0 aliphatic heterocycles. The van der Waals surface area contributed by atoms with Crippen molar-refractivity contribution in [1.29, 1.82) is 0 Å². The molecule has 0 unspecified atom stereocenters. The van der Waals surface area contributed by atoms with Crippen LogP contribution >= 0.6 is 0 Å². The number of nitrogens with one attached hydrogen (secondary N) is 1. The number of aryl methyl sites for hydroxylation is 1. The minimum absolute atomic E-state index is 0.278. The number of anilines is 1. The fourth-order valence-electron chi connectivity index (χ4n) is 1.54. The zero-order valence-electron chi connectivity index (χ0n) is 11.1. The molecule has 20 heavy (non-hydrogen) atoms. The highest BCUT2D eigenvalue weighted by molar-refractivity contribution is 6.03. The number of rotatable bonds is 2. The van der Waals surface area contributed by atoms with Crippen molar-refractivity contribution >= 4 is 11.6 Å². The number of nitrogens with two attached hydrogens (primary N) is 1. The summed E-state index contributed by atoms with van der Waals surface area (Å²) in [5.74, 6) is 5.30. The van der Waals surface area contributed by atoms with Crippen LogP contribution in [-0.2, 0) is 0 Å². The predicted octanol–water partition coefficient (Wildman–Crippen LogP) is 1.35. The zero-order chi connectivity index (χ0) is 14.4. The molecule has 0 radical (unpaired) electrons. The summed E-state index contributed by atoms with van der Waals surface area (Å²) in [7, 11) is 0. The molecule has 0 aromatic carbocycles. The standard InChI is InChI=1S/C15H14N4O/c1-11-6-8-17-10-14(11)19-15(20)13-5-4-12(9-18-13)3-2-7-16/h4-6,8-10H,7,16H2,1H3,(H,19,20). The van der Waals surface area contributed by atoms with Crippen LogP contribution in [0.5, 0.6) is 0 Å². The van der Waals surface area contributed by atoms with Gasteiger partial charge in [0, 0.05) is 18.0 Å². The van der Waals surface area contributed by atoms with Gasteiger partial charge in [-0.15, -0.1) is 0 Å². The van der Waals surface area contributed by atoms with Crippen LogP contribution in [0.25, 0.3) is 0 Å². The number of aromatic nitrogens is 2. The van der Waals surface area contributed by atoms with Gasteiger partial charge in [0.05, 0.1) is 18.4 Å². The molecular weight excluding hydrogens is 252 g/mol. The van der Waals surface area contributed by atoms with Crippen LogP contribution in [0, 0.1) is 18.8 Å². The first-order chi connectivity index (χ1) is 9.70. The van der Waals surface area contributed by atoms with Crippen molar-refractivity contribution in [3.63, 3.8) is 0 Å². The largest absolute Gasteiger partial charge is 0.320 e. The summed E-state index contributed by atoms with van der Waals surface area (Å²) in [6.07, 6.45) is 4.83. The molecule has 0 saturated heterocycles. The first-order valence-corrected chi connectivity index (χ1v) is 6.07. The Labute approximate surface area is 117 Å². The number of hydrogen-bond acceptors (Lipinski definition) is 4. The van der Waals surface area contributed by atoms with Gasteiger partial charge in [-0.3, -0.25) is 9.78 Å². The van der Waals surface area contributed by atoms with E-state index in [-0.39, 0.29) is 5.91 Å². The summed E-state index contributed by atoms with van der Waals surface area (Å²) in [6, 6.07) is 5.19. The predicted molar refractivity (Wildman–Crippen MR) is 77.1 cm³/mol.